The van der Waals surface area contributed by atoms with Crippen molar-refractivity contribution in [2.45, 2.75) is 31.8 Å². The summed E-state index contributed by atoms with van der Waals surface area (Å²) in [7, 11) is 0. The third-order valence-electron chi connectivity index (χ3n) is 5.48. The van der Waals surface area contributed by atoms with Gasteiger partial charge in [0.2, 0.25) is 0 Å². The molecule has 8 heteroatoms. The van der Waals surface area contributed by atoms with E-state index in [9.17, 15) is 14.9 Å². The Labute approximate surface area is 162 Å². The molecule has 3 unspecified atom stereocenters. The number of nitrogens with zero attached hydrogens (tertiary/aromatic N) is 2. The summed E-state index contributed by atoms with van der Waals surface area (Å²) < 4.78 is 0. The van der Waals surface area contributed by atoms with Crippen LogP contribution in [0, 0.1) is 16.0 Å². The van der Waals surface area contributed by atoms with E-state index in [-0.39, 0.29) is 29.6 Å². The predicted octanol–water partition coefficient (Wildman–Crippen LogP) is 2.22. The number of amides is 1. The van der Waals surface area contributed by atoms with Crippen LogP contribution in [0.2, 0.25) is 0 Å². The molecule has 2 aliphatic rings. The number of non-ortho nitro benzene ring substituents is 1. The van der Waals surface area contributed by atoms with Gasteiger partial charge in [0, 0.05) is 23.6 Å². The van der Waals surface area contributed by atoms with Crippen LogP contribution in [0.1, 0.15) is 36.1 Å². The van der Waals surface area contributed by atoms with Crippen molar-refractivity contribution in [3.05, 3.63) is 75.3 Å². The molecule has 0 radical (unpaired) electrons. The first-order valence-corrected chi connectivity index (χ1v) is 9.22. The second-order valence-corrected chi connectivity index (χ2v) is 7.13. The first-order chi connectivity index (χ1) is 13.5. The fourth-order valence-electron chi connectivity index (χ4n) is 3.99. The van der Waals surface area contributed by atoms with Gasteiger partial charge in [-0.2, -0.15) is 5.10 Å². The van der Waals surface area contributed by atoms with E-state index >= 15 is 0 Å². The molecule has 3 N–H and O–H groups in total. The molecule has 1 saturated heterocycles. The van der Waals surface area contributed by atoms with Gasteiger partial charge in [0.1, 0.15) is 6.04 Å². The smallest absolute Gasteiger partial charge is 0.270 e. The highest BCUT2D eigenvalue weighted by Gasteiger charge is 2.43. The summed E-state index contributed by atoms with van der Waals surface area (Å²) >= 11 is 0. The summed E-state index contributed by atoms with van der Waals surface area (Å²) in [6, 6.07) is 14.2. The molecular weight excluding hydrogens is 358 g/mol. The quantitative estimate of drug-likeness (QED) is 0.429. The van der Waals surface area contributed by atoms with Gasteiger partial charge in [0.15, 0.2) is 0 Å². The molecule has 8 nitrogen and oxygen atoms in total. The van der Waals surface area contributed by atoms with Crippen LogP contribution in [0.15, 0.2) is 53.6 Å². The highest BCUT2D eigenvalue weighted by molar-refractivity contribution is 6.00. The first kappa shape index (κ1) is 18.3. The lowest BCUT2D eigenvalue weighted by Gasteiger charge is -2.29. The minimum atomic E-state index is -0.454. The number of hydrazine groups is 1. The van der Waals surface area contributed by atoms with E-state index in [1.165, 1.54) is 23.3 Å². The Bertz CT molecular complexity index is 958. The van der Waals surface area contributed by atoms with Crippen molar-refractivity contribution in [3.8, 4) is 0 Å². The van der Waals surface area contributed by atoms with Gasteiger partial charge in [-0.05, 0) is 30.9 Å². The molecule has 28 heavy (non-hydrogen) atoms. The minimum absolute atomic E-state index is 0.0104. The van der Waals surface area contributed by atoms with E-state index in [1.54, 1.807) is 19.1 Å². The molecule has 0 aromatic heterocycles. The molecular formula is C20H21N5O3. The normalized spacial score (nSPS) is 23.6. The highest BCUT2D eigenvalue weighted by atomic mass is 16.6. The lowest BCUT2D eigenvalue weighted by Crippen LogP contribution is -2.44. The Morgan fingerprint density at radius 1 is 1.21 bits per heavy atom. The number of carbonyl (C=O) groups excluding carboxylic acids is 1. The number of hydrogen-bond acceptors (Lipinski definition) is 6. The van der Waals surface area contributed by atoms with Crippen molar-refractivity contribution in [3.63, 3.8) is 0 Å². The molecule has 4 rings (SSSR count). The van der Waals surface area contributed by atoms with Gasteiger partial charge < -0.3 is 0 Å². The van der Waals surface area contributed by atoms with Crippen molar-refractivity contribution >= 4 is 17.3 Å². The molecule has 1 fully saturated rings. The van der Waals surface area contributed by atoms with Crippen LogP contribution in [0.4, 0.5) is 5.69 Å². The lowest BCUT2D eigenvalue weighted by atomic mass is 9.77. The maximum atomic E-state index is 12.7. The SMILES string of the molecule is C/C(=N\NC(=O)C1NNC2c3ccccc3CCC12)c1cccc([N+](=O)[O-])c1. The third kappa shape index (κ3) is 3.39. The van der Waals surface area contributed by atoms with Crippen molar-refractivity contribution < 1.29 is 9.72 Å². The monoisotopic (exact) mass is 379 g/mol. The molecule has 144 valence electrons. The predicted molar refractivity (Wildman–Crippen MR) is 105 cm³/mol. The number of rotatable bonds is 4. The molecule has 1 aliphatic heterocycles. The summed E-state index contributed by atoms with van der Waals surface area (Å²) in [4.78, 5) is 23.2. The summed E-state index contributed by atoms with van der Waals surface area (Å²) in [5.41, 5.74) is 12.6. The molecule has 0 saturated carbocycles. The summed E-state index contributed by atoms with van der Waals surface area (Å²) in [5, 5.41) is 15.1. The minimum Gasteiger partial charge on any atom is -0.271 e. The van der Waals surface area contributed by atoms with Crippen molar-refractivity contribution in [2.24, 2.45) is 11.0 Å². The Balaban J connectivity index is 1.45. The molecule has 0 bridgehead atoms. The molecule has 1 amide bonds. The summed E-state index contributed by atoms with van der Waals surface area (Å²) in [5.74, 6) is -0.0765. The number of nitro groups is 1. The zero-order valence-corrected chi connectivity index (χ0v) is 15.4. The Kier molecular flexibility index (Phi) is 4.89. The van der Waals surface area contributed by atoms with Gasteiger partial charge in [-0.3, -0.25) is 14.9 Å². The molecule has 1 aliphatic carbocycles. The van der Waals surface area contributed by atoms with Crippen molar-refractivity contribution in [2.75, 3.05) is 0 Å². The van der Waals surface area contributed by atoms with Crippen LogP contribution in [0.5, 0.6) is 0 Å². The maximum Gasteiger partial charge on any atom is 0.270 e. The average Bonchev–Trinajstić information content (AvgIpc) is 3.16. The van der Waals surface area contributed by atoms with Gasteiger partial charge in [0.05, 0.1) is 16.7 Å². The topological polar surface area (TPSA) is 109 Å². The second kappa shape index (κ2) is 7.49. The molecule has 0 spiro atoms. The fraction of sp³-hybridized carbons (Fsp3) is 0.300. The Hall–Kier alpha value is -3.10. The van der Waals surface area contributed by atoms with E-state index in [1.807, 2.05) is 12.1 Å². The van der Waals surface area contributed by atoms with Gasteiger partial charge >= 0.3 is 0 Å². The van der Waals surface area contributed by atoms with Gasteiger partial charge in [-0.1, -0.05) is 36.4 Å². The molecule has 1 heterocycles. The van der Waals surface area contributed by atoms with Crippen molar-refractivity contribution in [1.82, 2.24) is 16.3 Å². The second-order valence-electron chi connectivity index (χ2n) is 7.13. The van der Waals surface area contributed by atoms with Crippen molar-refractivity contribution in [1.29, 1.82) is 0 Å². The number of aryl methyl sites for hydroxylation is 1. The Morgan fingerprint density at radius 2 is 2.04 bits per heavy atom. The number of carbonyl (C=O) groups is 1. The van der Waals surface area contributed by atoms with E-state index in [4.69, 9.17) is 0 Å². The molecule has 2 aromatic carbocycles. The average molecular weight is 379 g/mol. The van der Waals surface area contributed by atoms with Crippen LogP contribution >= 0.6 is 0 Å². The largest absolute Gasteiger partial charge is 0.271 e. The highest BCUT2D eigenvalue weighted by Crippen LogP contribution is 2.38. The number of hydrazone groups is 1. The van der Waals surface area contributed by atoms with Crippen LogP contribution < -0.4 is 16.3 Å². The van der Waals surface area contributed by atoms with Crippen LogP contribution in [-0.4, -0.2) is 22.6 Å². The summed E-state index contributed by atoms with van der Waals surface area (Å²) in [6.07, 6.45) is 1.85. The zero-order chi connectivity index (χ0) is 19.7. The Morgan fingerprint density at radius 3 is 2.86 bits per heavy atom. The number of fused-ring (bicyclic) bond motifs is 3. The fourth-order valence-corrected chi connectivity index (χ4v) is 3.99. The number of nitrogens with one attached hydrogen (secondary N) is 3. The lowest BCUT2D eigenvalue weighted by molar-refractivity contribution is -0.384. The van der Waals surface area contributed by atoms with Gasteiger partial charge in [-0.15, -0.1) is 0 Å². The number of benzene rings is 2. The number of hydrogen-bond donors (Lipinski definition) is 3. The van der Waals surface area contributed by atoms with Crippen LogP contribution in [0.3, 0.4) is 0 Å². The van der Waals surface area contributed by atoms with Gasteiger partial charge in [0.25, 0.3) is 11.6 Å². The molecule has 2 aromatic rings. The zero-order valence-electron chi connectivity index (χ0n) is 15.4. The van der Waals surface area contributed by atoms with E-state index in [2.05, 4.69) is 33.5 Å². The standard InChI is InChI=1S/C20H21N5O3/c1-12(14-6-4-7-15(11-14)25(27)28)21-24-20(26)19-17-10-9-13-5-2-3-8-16(13)18(17)22-23-19/h2-8,11,17-19,22-23H,9-10H2,1H3,(H,24,26)/b21-12+. The summed E-state index contributed by atoms with van der Waals surface area (Å²) in [6.45, 7) is 1.71. The first-order valence-electron chi connectivity index (χ1n) is 9.22. The van der Waals surface area contributed by atoms with Gasteiger partial charge in [-0.25, -0.2) is 16.3 Å². The van der Waals surface area contributed by atoms with Crippen LogP contribution in [0.25, 0.3) is 0 Å². The van der Waals surface area contributed by atoms with E-state index in [0.717, 1.165) is 12.8 Å². The van der Waals surface area contributed by atoms with Crippen LogP contribution in [-0.2, 0) is 11.2 Å². The maximum absolute atomic E-state index is 12.7. The van der Waals surface area contributed by atoms with E-state index in [0.29, 0.717) is 11.3 Å². The third-order valence-corrected chi connectivity index (χ3v) is 5.48. The number of nitro benzene ring substituents is 1. The van der Waals surface area contributed by atoms with E-state index < -0.39 is 4.92 Å². The molecule has 3 atom stereocenters.